The predicted molar refractivity (Wildman–Crippen MR) is 113 cm³/mol. The molecule has 1 aromatic heterocycles. The van der Waals surface area contributed by atoms with Crippen molar-refractivity contribution in [2.24, 2.45) is 10.1 Å². The van der Waals surface area contributed by atoms with Crippen molar-refractivity contribution < 1.29 is 22.4 Å². The van der Waals surface area contributed by atoms with Crippen molar-refractivity contribution >= 4 is 28.8 Å². The lowest BCUT2D eigenvalue weighted by molar-refractivity contribution is -0.140. The minimum Gasteiger partial charge on any atom is -0.345 e. The third kappa shape index (κ3) is 4.16. The monoisotopic (exact) mass is 465 g/mol. The fraction of sp³-hybridized carbons (Fsp3) is 0.333. The minimum atomic E-state index is -4.83. The standard InChI is InChI=1S/C21H19F4N5OS/c1-11(12-5-4-6-14(17(12)22)21(23,24)25)27-19(31)13-7-15(16-8-32-10-26-16)29-30-9-20(2,3)28-18(13)30/h4-8,10-11H,9H2,1-3H3,(H,27,31)/t11-/m1/s1. The molecule has 0 radical (unpaired) electrons. The van der Waals surface area contributed by atoms with Gasteiger partial charge in [0.15, 0.2) is 5.84 Å². The summed E-state index contributed by atoms with van der Waals surface area (Å²) in [5, 5.41) is 10.5. The molecule has 32 heavy (non-hydrogen) atoms. The van der Waals surface area contributed by atoms with Gasteiger partial charge in [-0.25, -0.2) is 14.4 Å². The van der Waals surface area contributed by atoms with Crippen LogP contribution < -0.4 is 5.32 Å². The molecule has 1 atom stereocenters. The highest BCUT2D eigenvalue weighted by molar-refractivity contribution is 7.07. The molecule has 1 N–H and O–H groups in total. The summed E-state index contributed by atoms with van der Waals surface area (Å²) in [6.45, 7) is 5.66. The van der Waals surface area contributed by atoms with Gasteiger partial charge in [-0.2, -0.15) is 18.3 Å². The number of fused-ring (bicyclic) bond motifs is 1. The molecule has 11 heteroatoms. The average Bonchev–Trinajstić information content (AvgIpc) is 3.32. The number of thiazole rings is 1. The number of carbonyl (C=O) groups is 1. The molecule has 6 nitrogen and oxygen atoms in total. The van der Waals surface area contributed by atoms with Crippen molar-refractivity contribution in [1.82, 2.24) is 15.3 Å². The summed E-state index contributed by atoms with van der Waals surface area (Å²) in [5.41, 5.74) is 0.748. The number of carbonyl (C=O) groups excluding carboxylic acids is 1. The van der Waals surface area contributed by atoms with Gasteiger partial charge in [-0.15, -0.1) is 11.3 Å². The Morgan fingerprint density at radius 1 is 1.31 bits per heavy atom. The van der Waals surface area contributed by atoms with Gasteiger partial charge in [-0.1, -0.05) is 12.1 Å². The first kappa shape index (κ1) is 22.1. The number of allylic oxidation sites excluding steroid dienone is 1. The molecule has 2 aliphatic heterocycles. The Labute approximate surface area is 185 Å². The molecular formula is C21H19F4N5OS. The highest BCUT2D eigenvalue weighted by Gasteiger charge is 2.39. The molecule has 2 aromatic rings. The van der Waals surface area contributed by atoms with Gasteiger partial charge >= 0.3 is 6.18 Å². The largest absolute Gasteiger partial charge is 0.419 e. The van der Waals surface area contributed by atoms with E-state index in [9.17, 15) is 22.4 Å². The van der Waals surface area contributed by atoms with Crippen molar-refractivity contribution in [3.63, 3.8) is 0 Å². The zero-order chi connectivity index (χ0) is 23.3. The highest BCUT2D eigenvalue weighted by Crippen LogP contribution is 2.34. The molecule has 0 saturated heterocycles. The van der Waals surface area contributed by atoms with E-state index >= 15 is 0 Å². The SMILES string of the molecule is C[C@@H](NC(=O)C1=CC(c2cscn2)=NN2CC(C)(C)N=C12)c1cccc(C(F)(F)F)c1F. The van der Waals surface area contributed by atoms with E-state index in [4.69, 9.17) is 0 Å². The molecule has 4 rings (SSSR count). The van der Waals surface area contributed by atoms with Crippen molar-refractivity contribution in [1.29, 1.82) is 0 Å². The molecule has 0 fully saturated rings. The fourth-order valence-electron chi connectivity index (χ4n) is 3.55. The van der Waals surface area contributed by atoms with Crippen LogP contribution in [0.4, 0.5) is 17.6 Å². The van der Waals surface area contributed by atoms with Gasteiger partial charge in [0, 0.05) is 10.9 Å². The van der Waals surface area contributed by atoms with Gasteiger partial charge in [0.1, 0.15) is 17.2 Å². The van der Waals surface area contributed by atoms with Gasteiger partial charge in [0.25, 0.3) is 5.91 Å². The maximum Gasteiger partial charge on any atom is 0.419 e. The van der Waals surface area contributed by atoms with Crippen LogP contribution in [0.25, 0.3) is 0 Å². The highest BCUT2D eigenvalue weighted by atomic mass is 32.1. The molecule has 0 spiro atoms. The normalized spacial score (nSPS) is 18.5. The maximum atomic E-state index is 14.5. The Kier molecular flexibility index (Phi) is 5.40. The number of benzene rings is 1. The molecule has 0 aliphatic carbocycles. The number of alkyl halides is 3. The second kappa shape index (κ2) is 7.80. The van der Waals surface area contributed by atoms with E-state index in [2.05, 4.69) is 20.4 Å². The van der Waals surface area contributed by atoms with E-state index in [0.717, 1.165) is 6.07 Å². The predicted octanol–water partition coefficient (Wildman–Crippen LogP) is 4.32. The van der Waals surface area contributed by atoms with Gasteiger partial charge in [-0.3, -0.25) is 9.79 Å². The molecule has 1 aromatic carbocycles. The van der Waals surface area contributed by atoms with Crippen LogP contribution in [-0.2, 0) is 11.0 Å². The quantitative estimate of drug-likeness (QED) is 0.684. The second-order valence-corrected chi connectivity index (χ2v) is 8.84. The Hall–Kier alpha value is -3.08. The second-order valence-electron chi connectivity index (χ2n) is 8.12. The molecule has 2 aliphatic rings. The number of nitrogens with zero attached hydrogens (tertiary/aromatic N) is 4. The summed E-state index contributed by atoms with van der Waals surface area (Å²) in [4.78, 5) is 21.9. The number of hydrogen-bond donors (Lipinski definition) is 1. The summed E-state index contributed by atoms with van der Waals surface area (Å²) in [6, 6.07) is 1.98. The third-order valence-corrected chi connectivity index (χ3v) is 5.61. The summed E-state index contributed by atoms with van der Waals surface area (Å²) in [5.74, 6) is -1.65. The zero-order valence-electron chi connectivity index (χ0n) is 17.4. The van der Waals surface area contributed by atoms with Crippen LogP contribution in [0, 0.1) is 5.82 Å². The summed E-state index contributed by atoms with van der Waals surface area (Å²) < 4.78 is 53.7. The lowest BCUT2D eigenvalue weighted by Crippen LogP contribution is -2.39. The van der Waals surface area contributed by atoms with E-state index in [0.29, 0.717) is 29.9 Å². The van der Waals surface area contributed by atoms with Crippen LogP contribution in [0.5, 0.6) is 0 Å². The average molecular weight is 465 g/mol. The number of nitrogens with one attached hydrogen (secondary N) is 1. The molecule has 0 saturated carbocycles. The summed E-state index contributed by atoms with van der Waals surface area (Å²) >= 11 is 1.38. The topological polar surface area (TPSA) is 70.0 Å². The van der Waals surface area contributed by atoms with Crippen LogP contribution in [0.1, 0.15) is 43.6 Å². The first-order valence-corrected chi connectivity index (χ1v) is 10.6. The lowest BCUT2D eigenvalue weighted by Gasteiger charge is -2.24. The Balaban J connectivity index is 1.65. The zero-order valence-corrected chi connectivity index (χ0v) is 18.2. The van der Waals surface area contributed by atoms with Crippen LogP contribution in [-0.4, -0.2) is 39.5 Å². The molecule has 3 heterocycles. The van der Waals surface area contributed by atoms with Crippen molar-refractivity contribution in [3.05, 3.63) is 63.4 Å². The first-order chi connectivity index (χ1) is 15.0. The van der Waals surface area contributed by atoms with E-state index in [-0.39, 0.29) is 11.1 Å². The van der Waals surface area contributed by atoms with Gasteiger partial charge in [0.05, 0.1) is 34.8 Å². The number of amidine groups is 1. The number of aromatic nitrogens is 1. The Bertz CT molecular complexity index is 1150. The van der Waals surface area contributed by atoms with E-state index in [1.165, 1.54) is 30.4 Å². The Morgan fingerprint density at radius 2 is 2.06 bits per heavy atom. The number of hydrogen-bond acceptors (Lipinski definition) is 6. The fourth-order valence-corrected chi connectivity index (χ4v) is 4.10. The van der Waals surface area contributed by atoms with E-state index in [1.807, 2.05) is 13.8 Å². The summed E-state index contributed by atoms with van der Waals surface area (Å²) in [7, 11) is 0. The minimum absolute atomic E-state index is 0.188. The summed E-state index contributed by atoms with van der Waals surface area (Å²) in [6.07, 6.45) is -3.30. The van der Waals surface area contributed by atoms with Crippen molar-refractivity contribution in [3.8, 4) is 0 Å². The Morgan fingerprint density at radius 3 is 2.72 bits per heavy atom. The third-order valence-electron chi connectivity index (χ3n) is 5.03. The maximum absolute atomic E-state index is 14.5. The van der Waals surface area contributed by atoms with Crippen LogP contribution in [0.3, 0.4) is 0 Å². The number of amides is 1. The van der Waals surface area contributed by atoms with Crippen molar-refractivity contribution in [2.75, 3.05) is 6.54 Å². The van der Waals surface area contributed by atoms with Crippen LogP contribution >= 0.6 is 11.3 Å². The van der Waals surface area contributed by atoms with E-state index < -0.39 is 35.0 Å². The lowest BCUT2D eigenvalue weighted by atomic mass is 10.0. The molecule has 1 amide bonds. The molecule has 168 valence electrons. The number of rotatable bonds is 4. The van der Waals surface area contributed by atoms with Crippen molar-refractivity contribution in [2.45, 2.75) is 38.5 Å². The number of hydrazone groups is 1. The van der Waals surface area contributed by atoms with Crippen LogP contribution in [0.15, 0.2) is 50.8 Å². The van der Waals surface area contributed by atoms with Gasteiger partial charge < -0.3 is 5.32 Å². The number of halogens is 4. The first-order valence-electron chi connectivity index (χ1n) is 9.69. The number of aliphatic imine (C=N–C) groups is 1. The van der Waals surface area contributed by atoms with E-state index in [1.54, 1.807) is 15.9 Å². The molecular weight excluding hydrogens is 446 g/mol. The molecule has 0 bridgehead atoms. The van der Waals surface area contributed by atoms with Gasteiger partial charge in [0.2, 0.25) is 0 Å². The molecule has 0 unspecified atom stereocenters. The smallest absolute Gasteiger partial charge is 0.345 e. The van der Waals surface area contributed by atoms with Crippen LogP contribution in [0.2, 0.25) is 0 Å². The van der Waals surface area contributed by atoms with Gasteiger partial charge in [-0.05, 0) is 32.9 Å².